The first-order valence-electron chi connectivity index (χ1n) is 4.22. The van der Waals surface area contributed by atoms with Gasteiger partial charge in [0, 0.05) is 5.33 Å². The third-order valence-electron chi connectivity index (χ3n) is 1.79. The van der Waals surface area contributed by atoms with Gasteiger partial charge >= 0.3 is 8.25 Å². The van der Waals surface area contributed by atoms with E-state index < -0.39 is 8.25 Å². The molecule has 0 radical (unpaired) electrons. The zero-order valence-corrected chi connectivity index (χ0v) is 10.2. The molecule has 0 saturated heterocycles. The Balaban J connectivity index is 2.40. The minimum atomic E-state index is -2.77. The lowest BCUT2D eigenvalue weighted by molar-refractivity contribution is 0.285. The van der Waals surface area contributed by atoms with E-state index in [9.17, 15) is 4.57 Å². The van der Waals surface area contributed by atoms with Gasteiger partial charge in [0.25, 0.3) is 0 Å². The Morgan fingerprint density at radius 1 is 1.29 bits per heavy atom. The van der Waals surface area contributed by atoms with Crippen LogP contribution in [0, 0.1) is 0 Å². The molecule has 1 aromatic carbocycles. The highest BCUT2D eigenvalue weighted by Gasteiger charge is 1.96. The second-order valence-electron chi connectivity index (χ2n) is 2.81. The van der Waals surface area contributed by atoms with Gasteiger partial charge in [-0.1, -0.05) is 40.2 Å². The summed E-state index contributed by atoms with van der Waals surface area (Å²) in [4.78, 5) is 8.43. The number of hydrogen-bond acceptors (Lipinski definition) is 2. The van der Waals surface area contributed by atoms with Gasteiger partial charge in [-0.25, -0.2) is 0 Å². The van der Waals surface area contributed by atoms with Crippen molar-refractivity contribution in [2.45, 2.75) is 11.8 Å². The van der Waals surface area contributed by atoms with Crippen LogP contribution >= 0.6 is 24.2 Å². The SMILES string of the molecule is O=[PH](O)OCCc1ccc(CBr)cc1. The molecule has 3 nitrogen and oxygen atoms in total. The van der Waals surface area contributed by atoms with E-state index in [-0.39, 0.29) is 0 Å². The molecular formula is C9H12BrO3P. The summed E-state index contributed by atoms with van der Waals surface area (Å²) in [5.41, 5.74) is 2.32. The van der Waals surface area contributed by atoms with Crippen molar-refractivity contribution in [2.24, 2.45) is 0 Å². The summed E-state index contributed by atoms with van der Waals surface area (Å²) >= 11 is 3.36. The van der Waals surface area contributed by atoms with Crippen LogP contribution < -0.4 is 0 Å². The molecule has 0 aliphatic heterocycles. The molecule has 1 aromatic rings. The fraction of sp³-hybridized carbons (Fsp3) is 0.333. The zero-order valence-electron chi connectivity index (χ0n) is 7.57. The molecule has 1 atom stereocenters. The van der Waals surface area contributed by atoms with Gasteiger partial charge in [0.05, 0.1) is 6.61 Å². The Morgan fingerprint density at radius 3 is 2.36 bits per heavy atom. The maximum Gasteiger partial charge on any atom is 0.316 e. The molecular weight excluding hydrogens is 267 g/mol. The Bertz CT molecular complexity index is 299. The lowest BCUT2D eigenvalue weighted by atomic mass is 10.1. The lowest BCUT2D eigenvalue weighted by Gasteiger charge is -2.02. The van der Waals surface area contributed by atoms with Crippen LogP contribution in [0.1, 0.15) is 11.1 Å². The molecule has 0 fully saturated rings. The van der Waals surface area contributed by atoms with Crippen molar-refractivity contribution in [2.75, 3.05) is 6.61 Å². The van der Waals surface area contributed by atoms with E-state index in [1.54, 1.807) is 0 Å². The first kappa shape index (κ1) is 11.9. The average Bonchev–Trinajstić information content (AvgIpc) is 2.18. The normalized spacial score (nSPS) is 12.7. The average molecular weight is 279 g/mol. The van der Waals surface area contributed by atoms with Gasteiger partial charge in [-0.2, -0.15) is 0 Å². The fourth-order valence-corrected chi connectivity index (χ4v) is 1.70. The van der Waals surface area contributed by atoms with Gasteiger partial charge in [0.15, 0.2) is 0 Å². The lowest BCUT2D eigenvalue weighted by Crippen LogP contribution is -1.93. The minimum Gasteiger partial charge on any atom is -0.326 e. The van der Waals surface area contributed by atoms with Crippen molar-refractivity contribution in [3.8, 4) is 0 Å². The van der Waals surface area contributed by atoms with Crippen LogP contribution in [-0.2, 0) is 20.8 Å². The molecule has 1 N–H and O–H groups in total. The van der Waals surface area contributed by atoms with Crippen molar-refractivity contribution >= 4 is 24.2 Å². The van der Waals surface area contributed by atoms with Crippen molar-refractivity contribution in [3.05, 3.63) is 35.4 Å². The molecule has 0 aliphatic carbocycles. The molecule has 0 bridgehead atoms. The molecule has 5 heteroatoms. The quantitative estimate of drug-likeness (QED) is 0.665. The van der Waals surface area contributed by atoms with Crippen LogP contribution in [0.4, 0.5) is 0 Å². The first-order valence-corrected chi connectivity index (χ1v) is 6.60. The van der Waals surface area contributed by atoms with E-state index in [1.165, 1.54) is 5.56 Å². The van der Waals surface area contributed by atoms with Crippen LogP contribution in [0.3, 0.4) is 0 Å². The van der Waals surface area contributed by atoms with Crippen LogP contribution in [0.5, 0.6) is 0 Å². The number of benzene rings is 1. The van der Waals surface area contributed by atoms with Gasteiger partial charge in [0.2, 0.25) is 0 Å². The van der Waals surface area contributed by atoms with E-state index in [2.05, 4.69) is 20.5 Å². The molecule has 1 rings (SSSR count). The maximum absolute atomic E-state index is 10.2. The number of halogens is 1. The smallest absolute Gasteiger partial charge is 0.316 e. The summed E-state index contributed by atoms with van der Waals surface area (Å²) in [5, 5.41) is 0.841. The molecule has 78 valence electrons. The Labute approximate surface area is 92.2 Å². The molecule has 0 saturated carbocycles. The van der Waals surface area contributed by atoms with Crippen molar-refractivity contribution < 1.29 is 14.0 Å². The highest BCUT2D eigenvalue weighted by molar-refractivity contribution is 9.08. The summed E-state index contributed by atoms with van der Waals surface area (Å²) in [7, 11) is -2.77. The second-order valence-corrected chi connectivity index (χ2v) is 4.20. The molecule has 0 spiro atoms. The second kappa shape index (κ2) is 6.36. The highest BCUT2D eigenvalue weighted by atomic mass is 79.9. The van der Waals surface area contributed by atoms with Gasteiger partial charge in [-0.15, -0.1) is 0 Å². The first-order chi connectivity index (χ1) is 6.72. The Kier molecular flexibility index (Phi) is 5.41. The van der Waals surface area contributed by atoms with E-state index in [0.717, 1.165) is 10.9 Å². The summed E-state index contributed by atoms with van der Waals surface area (Å²) < 4.78 is 14.8. The third kappa shape index (κ3) is 4.38. The molecule has 0 aliphatic rings. The number of alkyl halides is 1. The van der Waals surface area contributed by atoms with Crippen LogP contribution in [0.25, 0.3) is 0 Å². The van der Waals surface area contributed by atoms with E-state index in [0.29, 0.717) is 13.0 Å². The predicted molar refractivity (Wildman–Crippen MR) is 59.9 cm³/mol. The minimum absolute atomic E-state index is 0.294. The molecule has 1 unspecified atom stereocenters. The fourth-order valence-electron chi connectivity index (χ4n) is 1.05. The van der Waals surface area contributed by atoms with Crippen molar-refractivity contribution in [1.29, 1.82) is 0 Å². The van der Waals surface area contributed by atoms with Gasteiger partial charge < -0.3 is 9.42 Å². The third-order valence-corrected chi connectivity index (χ3v) is 2.89. The van der Waals surface area contributed by atoms with Crippen LogP contribution in [0.2, 0.25) is 0 Å². The number of hydrogen-bond donors (Lipinski definition) is 1. The molecule has 0 aromatic heterocycles. The summed E-state index contributed by atoms with van der Waals surface area (Å²) in [5.74, 6) is 0. The standard InChI is InChI=1S/C9H12BrO3P/c10-7-9-3-1-8(2-4-9)5-6-13-14(11)12/h1-4,14H,5-7H2,(H,11,12). The largest absolute Gasteiger partial charge is 0.326 e. The topological polar surface area (TPSA) is 46.5 Å². The summed E-state index contributed by atoms with van der Waals surface area (Å²) in [6.45, 7) is 0.294. The zero-order chi connectivity index (χ0) is 10.4. The summed E-state index contributed by atoms with van der Waals surface area (Å²) in [6, 6.07) is 8.03. The molecule has 0 amide bonds. The van der Waals surface area contributed by atoms with Gasteiger partial charge in [-0.3, -0.25) is 4.57 Å². The maximum atomic E-state index is 10.2. The predicted octanol–water partition coefficient (Wildman–Crippen LogP) is 2.52. The van der Waals surface area contributed by atoms with Gasteiger partial charge in [0.1, 0.15) is 0 Å². The van der Waals surface area contributed by atoms with E-state index in [1.807, 2.05) is 24.3 Å². The van der Waals surface area contributed by atoms with Crippen LogP contribution in [0.15, 0.2) is 24.3 Å². The monoisotopic (exact) mass is 278 g/mol. The highest BCUT2D eigenvalue weighted by Crippen LogP contribution is 2.15. The van der Waals surface area contributed by atoms with E-state index in [4.69, 9.17) is 4.89 Å². The van der Waals surface area contributed by atoms with Crippen LogP contribution in [-0.4, -0.2) is 11.5 Å². The molecule has 14 heavy (non-hydrogen) atoms. The Hall–Kier alpha value is -0.150. The van der Waals surface area contributed by atoms with E-state index >= 15 is 0 Å². The number of rotatable bonds is 5. The van der Waals surface area contributed by atoms with Crippen molar-refractivity contribution in [3.63, 3.8) is 0 Å². The molecule has 0 heterocycles. The summed E-state index contributed by atoms with van der Waals surface area (Å²) in [6.07, 6.45) is 0.666. The van der Waals surface area contributed by atoms with Crippen molar-refractivity contribution in [1.82, 2.24) is 0 Å². The van der Waals surface area contributed by atoms with Gasteiger partial charge in [-0.05, 0) is 17.5 Å². The Morgan fingerprint density at radius 2 is 1.86 bits per heavy atom.